The van der Waals surface area contributed by atoms with Crippen LogP contribution in [-0.4, -0.2) is 76.8 Å². The zero-order valence-corrected chi connectivity index (χ0v) is 13.8. The molecule has 0 aromatic rings. The number of amides is 1. The van der Waals surface area contributed by atoms with E-state index >= 15 is 0 Å². The van der Waals surface area contributed by atoms with Crippen LogP contribution in [0.1, 0.15) is 20.3 Å². The van der Waals surface area contributed by atoms with Gasteiger partial charge in [-0.2, -0.15) is 0 Å². The van der Waals surface area contributed by atoms with Crippen LogP contribution in [0.15, 0.2) is 11.3 Å². The molecule has 0 aromatic carbocycles. The van der Waals surface area contributed by atoms with Gasteiger partial charge < -0.3 is 20.4 Å². The lowest BCUT2D eigenvalue weighted by atomic mass is 9.77. The third-order valence-corrected chi connectivity index (χ3v) is 5.59. The summed E-state index contributed by atoms with van der Waals surface area (Å²) in [4.78, 5) is 27.6. The standard InChI is InChI=1S/C16H25N3O4/c1-8-11(7-18-5-4-10(6-18)17-3)14(16(22)23)19-13(8)12(9(2)20)15(19)21/h8-10,12-13,17,20H,4-7H2,1-3H3,(H,22,23)/t8-,9+,10-,12+,13+/m0/s1. The van der Waals surface area contributed by atoms with Crippen LogP contribution in [0.25, 0.3) is 0 Å². The molecular formula is C16H25N3O4. The Morgan fingerprint density at radius 1 is 1.48 bits per heavy atom. The van der Waals surface area contributed by atoms with Crippen molar-refractivity contribution in [1.29, 1.82) is 0 Å². The van der Waals surface area contributed by atoms with E-state index in [4.69, 9.17) is 0 Å². The molecule has 3 N–H and O–H groups in total. The normalized spacial score (nSPS) is 35.5. The van der Waals surface area contributed by atoms with Crippen molar-refractivity contribution >= 4 is 11.9 Å². The van der Waals surface area contributed by atoms with Crippen LogP contribution in [0, 0.1) is 11.8 Å². The van der Waals surface area contributed by atoms with Crippen LogP contribution in [0.2, 0.25) is 0 Å². The van der Waals surface area contributed by atoms with Crippen molar-refractivity contribution in [2.45, 2.75) is 38.5 Å². The van der Waals surface area contributed by atoms with Crippen LogP contribution in [0.4, 0.5) is 0 Å². The van der Waals surface area contributed by atoms with Crippen molar-refractivity contribution in [3.63, 3.8) is 0 Å². The molecule has 0 aromatic heterocycles. The fourth-order valence-electron chi connectivity index (χ4n) is 4.31. The summed E-state index contributed by atoms with van der Waals surface area (Å²) in [6.07, 6.45) is 0.296. The van der Waals surface area contributed by atoms with E-state index in [1.807, 2.05) is 14.0 Å². The fraction of sp³-hybridized carbons (Fsp3) is 0.750. The van der Waals surface area contributed by atoms with Gasteiger partial charge in [0.2, 0.25) is 5.91 Å². The van der Waals surface area contributed by atoms with Gasteiger partial charge in [-0.3, -0.25) is 9.69 Å². The summed E-state index contributed by atoms with van der Waals surface area (Å²) in [6, 6.07) is 0.218. The summed E-state index contributed by atoms with van der Waals surface area (Å²) in [5.74, 6) is -1.83. The topological polar surface area (TPSA) is 93.1 Å². The number of hydrogen-bond donors (Lipinski definition) is 3. The quantitative estimate of drug-likeness (QED) is 0.590. The molecule has 0 radical (unpaired) electrons. The Kier molecular flexibility index (Phi) is 4.20. The summed E-state index contributed by atoms with van der Waals surface area (Å²) < 4.78 is 0. The monoisotopic (exact) mass is 323 g/mol. The SMILES string of the molecule is CN[C@H]1CCN(CC2=C(C(=O)O)N3C(=O)[C@H]([C@@H](C)O)[C@H]3[C@H]2C)C1. The molecule has 1 amide bonds. The molecule has 5 atom stereocenters. The highest BCUT2D eigenvalue weighted by Gasteiger charge is 2.59. The van der Waals surface area contributed by atoms with Crippen molar-refractivity contribution in [3.05, 3.63) is 11.3 Å². The van der Waals surface area contributed by atoms with Gasteiger partial charge in [-0.05, 0) is 26.0 Å². The fourth-order valence-corrected chi connectivity index (χ4v) is 4.31. The number of fused-ring (bicyclic) bond motifs is 1. The molecule has 3 rings (SSSR count). The van der Waals surface area contributed by atoms with Gasteiger partial charge in [-0.25, -0.2) is 4.79 Å². The average Bonchev–Trinajstić information content (AvgIpc) is 3.02. The summed E-state index contributed by atoms with van der Waals surface area (Å²) in [6.45, 7) is 5.96. The number of aliphatic carboxylic acids is 1. The van der Waals surface area contributed by atoms with Crippen molar-refractivity contribution in [2.75, 3.05) is 26.7 Å². The molecule has 3 aliphatic heterocycles. The van der Waals surface area contributed by atoms with Crippen molar-refractivity contribution in [3.8, 4) is 0 Å². The van der Waals surface area contributed by atoms with E-state index in [2.05, 4.69) is 10.2 Å². The molecule has 23 heavy (non-hydrogen) atoms. The smallest absolute Gasteiger partial charge is 0.352 e. The number of nitrogens with zero attached hydrogens (tertiary/aromatic N) is 2. The molecule has 3 heterocycles. The summed E-state index contributed by atoms with van der Waals surface area (Å²) >= 11 is 0. The second kappa shape index (κ2) is 5.89. The summed E-state index contributed by atoms with van der Waals surface area (Å²) in [5, 5.41) is 22.7. The van der Waals surface area contributed by atoms with Crippen LogP contribution in [-0.2, 0) is 9.59 Å². The maximum atomic E-state index is 12.3. The molecular weight excluding hydrogens is 298 g/mol. The van der Waals surface area contributed by atoms with Crippen LogP contribution in [0.5, 0.6) is 0 Å². The highest BCUT2D eigenvalue weighted by molar-refractivity contribution is 6.00. The molecule has 2 saturated heterocycles. The molecule has 128 valence electrons. The van der Waals surface area contributed by atoms with E-state index in [9.17, 15) is 19.8 Å². The highest BCUT2D eigenvalue weighted by atomic mass is 16.4. The van der Waals surface area contributed by atoms with E-state index in [1.165, 1.54) is 4.90 Å². The molecule has 0 bridgehead atoms. The molecule has 0 unspecified atom stereocenters. The maximum absolute atomic E-state index is 12.3. The minimum absolute atomic E-state index is 0.0352. The number of β-lactam (4-membered cyclic amide) rings is 1. The number of likely N-dealkylation sites (tertiary alicyclic amines) is 1. The molecule has 0 spiro atoms. The minimum atomic E-state index is -1.05. The first-order valence-corrected chi connectivity index (χ1v) is 8.23. The predicted molar refractivity (Wildman–Crippen MR) is 83.5 cm³/mol. The van der Waals surface area contributed by atoms with E-state index in [0.29, 0.717) is 12.6 Å². The lowest BCUT2D eigenvalue weighted by Crippen LogP contribution is -2.63. The van der Waals surface area contributed by atoms with E-state index in [0.717, 1.165) is 25.1 Å². The van der Waals surface area contributed by atoms with Gasteiger partial charge >= 0.3 is 5.97 Å². The number of carboxylic acids is 1. The number of aliphatic hydroxyl groups is 1. The van der Waals surface area contributed by atoms with Gasteiger partial charge in [-0.15, -0.1) is 0 Å². The number of carboxylic acid groups (broad SMARTS) is 1. The van der Waals surface area contributed by atoms with Crippen LogP contribution < -0.4 is 5.32 Å². The number of likely N-dealkylation sites (N-methyl/N-ethyl adjacent to an activating group) is 1. The lowest BCUT2D eigenvalue weighted by Gasteiger charge is -2.46. The zero-order valence-electron chi connectivity index (χ0n) is 13.8. The van der Waals surface area contributed by atoms with Crippen molar-refractivity contribution in [2.24, 2.45) is 11.8 Å². The maximum Gasteiger partial charge on any atom is 0.352 e. The number of carbonyl (C=O) groups excluding carboxylic acids is 1. The molecule has 2 fully saturated rings. The predicted octanol–water partition coefficient (Wildman–Crippen LogP) is -0.524. The van der Waals surface area contributed by atoms with Crippen LogP contribution in [0.3, 0.4) is 0 Å². The lowest BCUT2D eigenvalue weighted by molar-refractivity contribution is -0.163. The molecule has 3 aliphatic rings. The number of rotatable bonds is 5. The Balaban J connectivity index is 1.83. The second-order valence-corrected chi connectivity index (χ2v) is 6.94. The Labute approximate surface area is 135 Å². The molecule has 7 nitrogen and oxygen atoms in total. The molecule has 0 aliphatic carbocycles. The number of carbonyl (C=O) groups is 2. The molecule has 0 saturated carbocycles. The first-order chi connectivity index (χ1) is 10.9. The number of hydrogen-bond acceptors (Lipinski definition) is 5. The number of aliphatic hydroxyl groups excluding tert-OH is 1. The Morgan fingerprint density at radius 3 is 2.70 bits per heavy atom. The Morgan fingerprint density at radius 2 is 2.17 bits per heavy atom. The van der Waals surface area contributed by atoms with Gasteiger partial charge in [0.1, 0.15) is 5.70 Å². The average molecular weight is 323 g/mol. The Bertz CT molecular complexity index is 560. The Hall–Kier alpha value is -1.44. The van der Waals surface area contributed by atoms with Crippen molar-refractivity contribution in [1.82, 2.24) is 15.1 Å². The zero-order chi connectivity index (χ0) is 16.9. The van der Waals surface area contributed by atoms with Crippen molar-refractivity contribution < 1.29 is 19.8 Å². The second-order valence-electron chi connectivity index (χ2n) is 6.94. The first-order valence-electron chi connectivity index (χ1n) is 8.23. The summed E-state index contributed by atoms with van der Waals surface area (Å²) in [7, 11) is 1.94. The first kappa shape index (κ1) is 16.4. The van der Waals surface area contributed by atoms with Crippen LogP contribution >= 0.6 is 0 Å². The van der Waals surface area contributed by atoms with E-state index in [1.54, 1.807) is 6.92 Å². The molecule has 7 heteroatoms. The summed E-state index contributed by atoms with van der Waals surface area (Å²) in [5.41, 5.74) is 0.952. The van der Waals surface area contributed by atoms with Gasteiger partial charge in [0, 0.05) is 31.6 Å². The van der Waals surface area contributed by atoms with E-state index in [-0.39, 0.29) is 23.6 Å². The van der Waals surface area contributed by atoms with Gasteiger partial charge in [0.15, 0.2) is 0 Å². The van der Waals surface area contributed by atoms with Gasteiger partial charge in [0.25, 0.3) is 0 Å². The third kappa shape index (κ3) is 2.47. The third-order valence-electron chi connectivity index (χ3n) is 5.59. The highest BCUT2D eigenvalue weighted by Crippen LogP contribution is 2.47. The van der Waals surface area contributed by atoms with Gasteiger partial charge in [0.05, 0.1) is 18.1 Å². The number of nitrogens with one attached hydrogen (secondary N) is 1. The minimum Gasteiger partial charge on any atom is -0.477 e. The van der Waals surface area contributed by atoms with E-state index < -0.39 is 18.0 Å². The largest absolute Gasteiger partial charge is 0.477 e. The van der Waals surface area contributed by atoms with Gasteiger partial charge in [-0.1, -0.05) is 6.92 Å².